The summed E-state index contributed by atoms with van der Waals surface area (Å²) in [6, 6.07) is 6.48. The maximum Gasteiger partial charge on any atom is 0.219 e. The zero-order valence-corrected chi connectivity index (χ0v) is 24.4. The average molecular weight is 538 g/mol. The van der Waals surface area contributed by atoms with Gasteiger partial charge in [0.1, 0.15) is 5.82 Å². The van der Waals surface area contributed by atoms with Crippen molar-refractivity contribution in [3.63, 3.8) is 0 Å². The minimum Gasteiger partial charge on any atom is -0.393 e. The van der Waals surface area contributed by atoms with Crippen LogP contribution in [0.3, 0.4) is 0 Å². The van der Waals surface area contributed by atoms with Gasteiger partial charge in [-0.05, 0) is 127 Å². The van der Waals surface area contributed by atoms with Gasteiger partial charge in [0.05, 0.1) is 18.3 Å². The first-order valence-electron chi connectivity index (χ1n) is 15.8. The second kappa shape index (κ2) is 8.77. The van der Waals surface area contributed by atoms with Gasteiger partial charge in [0.25, 0.3) is 0 Å². The molecule has 6 fully saturated rings. The van der Waals surface area contributed by atoms with E-state index in [0.29, 0.717) is 47.3 Å². The van der Waals surface area contributed by atoms with Crippen LogP contribution in [0.1, 0.15) is 97.5 Å². The quantitative estimate of drug-likeness (QED) is 0.463. The van der Waals surface area contributed by atoms with Crippen molar-refractivity contribution < 1.29 is 19.0 Å². The Morgan fingerprint density at radius 3 is 2.46 bits per heavy atom. The zero-order valence-electron chi connectivity index (χ0n) is 24.4. The second-order valence-corrected chi connectivity index (χ2v) is 15.5. The first-order chi connectivity index (χ1) is 18.5. The van der Waals surface area contributed by atoms with Crippen molar-refractivity contribution in [3.8, 4) is 0 Å². The van der Waals surface area contributed by atoms with E-state index in [-0.39, 0.29) is 29.3 Å². The predicted octanol–water partition coefficient (Wildman–Crippen LogP) is 6.74. The lowest BCUT2D eigenvalue weighted by atomic mass is 9.46. The minimum absolute atomic E-state index is 0.0456. The molecule has 214 valence electrons. The lowest BCUT2D eigenvalue weighted by molar-refractivity contribution is -0.140. The number of nitrogens with zero attached hydrogens (tertiary/aromatic N) is 1. The Balaban J connectivity index is 1.06. The Bertz CT molecular complexity index is 1140. The van der Waals surface area contributed by atoms with Crippen LogP contribution in [0.2, 0.25) is 0 Å². The normalized spacial score (nSPS) is 47.2. The van der Waals surface area contributed by atoms with Crippen molar-refractivity contribution in [2.24, 2.45) is 45.3 Å². The number of hydrogen-bond donors (Lipinski definition) is 1. The molecule has 1 saturated heterocycles. The van der Waals surface area contributed by atoms with Gasteiger partial charge >= 0.3 is 0 Å². The standard InChI is InChI=1S/C34H48FNO3/c1-21(37)36(18-22-5-7-23(35)8-6-22)19-24-9-10-26-28(39-24)17-27-25-11-12-29-31(2,3)30(38)13-14-34(29)20-33(25,34)16-15-32(26,27)4/h5-8,24-30,38H,9-20H2,1-4H3/t24?,25?,26?,27?,28?,29?,30-,32?,33-,34?/m0/s1. The minimum atomic E-state index is -0.247. The molecule has 0 bridgehead atoms. The van der Waals surface area contributed by atoms with Crippen LogP contribution in [0, 0.1) is 51.1 Å². The highest BCUT2D eigenvalue weighted by molar-refractivity contribution is 5.73. The number of carbonyl (C=O) groups excluding carboxylic acids is 1. The third-order valence-corrected chi connectivity index (χ3v) is 13.8. The van der Waals surface area contributed by atoms with Crippen LogP contribution in [0.4, 0.5) is 4.39 Å². The fourth-order valence-electron chi connectivity index (χ4n) is 11.8. The van der Waals surface area contributed by atoms with Gasteiger partial charge in [-0.15, -0.1) is 0 Å². The fraction of sp³-hybridized carbons (Fsp3) is 0.794. The molecule has 4 nitrogen and oxygen atoms in total. The maximum absolute atomic E-state index is 13.4. The van der Waals surface area contributed by atoms with E-state index in [9.17, 15) is 14.3 Å². The third kappa shape index (κ3) is 3.70. The molecule has 10 atom stereocenters. The molecule has 1 heterocycles. The highest BCUT2D eigenvalue weighted by atomic mass is 19.1. The van der Waals surface area contributed by atoms with E-state index in [1.807, 2.05) is 4.90 Å². The molecule has 5 aliphatic carbocycles. The first-order valence-corrected chi connectivity index (χ1v) is 15.8. The van der Waals surface area contributed by atoms with Crippen LogP contribution in [0.15, 0.2) is 24.3 Å². The molecule has 0 aromatic heterocycles. The number of amides is 1. The van der Waals surface area contributed by atoms with Crippen molar-refractivity contribution in [3.05, 3.63) is 35.6 Å². The fourth-order valence-corrected chi connectivity index (χ4v) is 11.8. The number of carbonyl (C=O) groups is 1. The largest absolute Gasteiger partial charge is 0.393 e. The van der Waals surface area contributed by atoms with E-state index in [0.717, 1.165) is 30.2 Å². The summed E-state index contributed by atoms with van der Waals surface area (Å²) in [5, 5.41) is 10.9. The Kier molecular flexibility index (Phi) is 5.95. The van der Waals surface area contributed by atoms with Gasteiger partial charge in [0.15, 0.2) is 0 Å². The van der Waals surface area contributed by atoms with Crippen LogP contribution in [0.25, 0.3) is 0 Å². The highest BCUT2D eigenvalue weighted by Gasteiger charge is 2.80. The van der Waals surface area contributed by atoms with E-state index < -0.39 is 0 Å². The van der Waals surface area contributed by atoms with E-state index in [2.05, 4.69) is 20.8 Å². The van der Waals surface area contributed by atoms with Crippen molar-refractivity contribution in [1.29, 1.82) is 0 Å². The van der Waals surface area contributed by atoms with Crippen molar-refractivity contribution in [2.45, 2.75) is 117 Å². The molecular formula is C34H48FNO3. The highest BCUT2D eigenvalue weighted by Crippen LogP contribution is 2.87. The molecule has 7 rings (SSSR count). The SMILES string of the molecule is CC(=O)N(Cc1ccc(F)cc1)CC1CCC2C(CC3C4CCC5C(C)(C)[C@@H](O)CCC56C[C@@]46CCC23C)O1. The molecule has 39 heavy (non-hydrogen) atoms. The Labute approximate surface area is 234 Å². The molecule has 1 N–H and O–H groups in total. The second-order valence-electron chi connectivity index (χ2n) is 15.5. The Morgan fingerprint density at radius 2 is 1.72 bits per heavy atom. The number of benzene rings is 1. The summed E-state index contributed by atoms with van der Waals surface area (Å²) >= 11 is 0. The molecule has 1 aromatic carbocycles. The lowest BCUT2D eigenvalue weighted by Crippen LogP contribution is -2.54. The summed E-state index contributed by atoms with van der Waals surface area (Å²) in [5.41, 5.74) is 2.38. The number of rotatable bonds is 4. The summed E-state index contributed by atoms with van der Waals surface area (Å²) in [4.78, 5) is 14.4. The van der Waals surface area contributed by atoms with Gasteiger partial charge in [0, 0.05) is 20.0 Å². The molecule has 0 radical (unpaired) electrons. The van der Waals surface area contributed by atoms with Gasteiger partial charge in [-0.2, -0.15) is 0 Å². The van der Waals surface area contributed by atoms with Gasteiger partial charge in [-0.3, -0.25) is 4.79 Å². The van der Waals surface area contributed by atoms with E-state index in [1.54, 1.807) is 19.1 Å². The first kappa shape index (κ1) is 26.4. The molecule has 5 heteroatoms. The number of halogens is 1. The number of fused-ring (bicyclic) bond motifs is 4. The van der Waals surface area contributed by atoms with Gasteiger partial charge in [-0.1, -0.05) is 32.9 Å². The molecule has 5 saturated carbocycles. The molecular weight excluding hydrogens is 489 g/mol. The van der Waals surface area contributed by atoms with Crippen LogP contribution in [0.5, 0.6) is 0 Å². The number of aliphatic hydroxyl groups excluding tert-OH is 1. The molecule has 1 amide bonds. The Morgan fingerprint density at radius 1 is 0.974 bits per heavy atom. The number of hydrogen-bond acceptors (Lipinski definition) is 3. The van der Waals surface area contributed by atoms with Crippen LogP contribution in [-0.4, -0.2) is 40.8 Å². The molecule has 1 aliphatic heterocycles. The van der Waals surface area contributed by atoms with Crippen LogP contribution < -0.4 is 0 Å². The molecule has 6 aliphatic rings. The van der Waals surface area contributed by atoms with Crippen molar-refractivity contribution >= 4 is 5.91 Å². The number of ether oxygens (including phenoxy) is 1. The third-order valence-electron chi connectivity index (χ3n) is 13.8. The lowest BCUT2D eigenvalue weighted by Gasteiger charge is -2.59. The maximum atomic E-state index is 13.4. The Hall–Kier alpha value is -1.46. The van der Waals surface area contributed by atoms with Gasteiger partial charge < -0.3 is 14.7 Å². The van der Waals surface area contributed by atoms with Gasteiger partial charge in [0.2, 0.25) is 5.91 Å². The summed E-state index contributed by atoms with van der Waals surface area (Å²) < 4.78 is 20.3. The average Bonchev–Trinajstić information content (AvgIpc) is 3.48. The summed E-state index contributed by atoms with van der Waals surface area (Å²) in [5.74, 6) is 2.68. The monoisotopic (exact) mass is 537 g/mol. The van der Waals surface area contributed by atoms with E-state index in [4.69, 9.17) is 4.74 Å². The molecule has 1 aromatic rings. The van der Waals surface area contributed by atoms with E-state index in [1.165, 1.54) is 63.5 Å². The topological polar surface area (TPSA) is 49.8 Å². The summed E-state index contributed by atoms with van der Waals surface area (Å²) in [6.07, 6.45) is 12.6. The van der Waals surface area contributed by atoms with Gasteiger partial charge in [-0.25, -0.2) is 4.39 Å². The van der Waals surface area contributed by atoms with E-state index >= 15 is 0 Å². The van der Waals surface area contributed by atoms with Crippen molar-refractivity contribution in [1.82, 2.24) is 4.90 Å². The predicted molar refractivity (Wildman–Crippen MR) is 149 cm³/mol. The van der Waals surface area contributed by atoms with Crippen molar-refractivity contribution in [2.75, 3.05) is 6.54 Å². The summed E-state index contributed by atoms with van der Waals surface area (Å²) in [7, 11) is 0. The smallest absolute Gasteiger partial charge is 0.219 e. The van der Waals surface area contributed by atoms with Crippen LogP contribution in [-0.2, 0) is 16.1 Å². The molecule has 2 spiro atoms. The zero-order chi connectivity index (χ0) is 27.4. The number of aliphatic hydroxyl groups is 1. The summed E-state index contributed by atoms with van der Waals surface area (Å²) in [6.45, 7) is 10.1. The molecule has 8 unspecified atom stereocenters. The van der Waals surface area contributed by atoms with Crippen LogP contribution >= 0.6 is 0 Å².